The van der Waals surface area contributed by atoms with E-state index in [1.807, 2.05) is 37.3 Å². The lowest BCUT2D eigenvalue weighted by molar-refractivity contribution is 0.477. The molecule has 1 atom stereocenters. The molecule has 0 aliphatic carbocycles. The zero-order chi connectivity index (χ0) is 14.0. The molecule has 100 valence electrons. The normalized spacial score (nSPS) is 12.3. The molecule has 2 rings (SSSR count). The third-order valence-electron chi connectivity index (χ3n) is 3.25. The van der Waals surface area contributed by atoms with Gasteiger partial charge in [0.25, 0.3) is 0 Å². The lowest BCUT2D eigenvalue weighted by atomic mass is 10.1. The third-order valence-corrected chi connectivity index (χ3v) is 3.93. The first-order valence-electron chi connectivity index (χ1n) is 6.28. The average Bonchev–Trinajstić information content (AvgIpc) is 2.34. The summed E-state index contributed by atoms with van der Waals surface area (Å²) in [6.45, 7) is 6.11. The number of ether oxygens (including phenoxy) is 1. The lowest BCUT2D eigenvalue weighted by Crippen LogP contribution is -2.05. The Labute approximate surface area is 122 Å². The third kappa shape index (κ3) is 3.17. The van der Waals surface area contributed by atoms with Gasteiger partial charge in [-0.3, -0.25) is 0 Å². The molecule has 0 radical (unpaired) electrons. The van der Waals surface area contributed by atoms with Gasteiger partial charge in [0.05, 0.1) is 0 Å². The topological polar surface area (TPSA) is 35.2 Å². The summed E-state index contributed by atoms with van der Waals surface area (Å²) < 4.78 is 6.91. The fourth-order valence-corrected chi connectivity index (χ4v) is 2.62. The Morgan fingerprint density at radius 2 is 1.89 bits per heavy atom. The molecule has 0 amide bonds. The molecule has 2 aromatic carbocycles. The minimum absolute atomic E-state index is 0.00382. The van der Waals surface area contributed by atoms with Gasteiger partial charge in [0.1, 0.15) is 11.5 Å². The second kappa shape index (κ2) is 5.76. The van der Waals surface area contributed by atoms with Gasteiger partial charge in [0.15, 0.2) is 0 Å². The minimum atomic E-state index is 0.00382. The van der Waals surface area contributed by atoms with Crippen molar-refractivity contribution in [3.05, 3.63) is 57.6 Å². The smallest absolute Gasteiger partial charge is 0.130 e. The molecule has 3 heteroatoms. The van der Waals surface area contributed by atoms with Crippen LogP contribution < -0.4 is 10.5 Å². The van der Waals surface area contributed by atoms with Gasteiger partial charge in [0, 0.05) is 10.5 Å². The SMILES string of the molecule is Cc1cccc(Oc2ccc([C@@H](C)N)c(Br)c2)c1C. The van der Waals surface area contributed by atoms with Gasteiger partial charge in [-0.2, -0.15) is 0 Å². The van der Waals surface area contributed by atoms with Crippen LogP contribution in [0.1, 0.15) is 29.7 Å². The minimum Gasteiger partial charge on any atom is -0.457 e. The maximum absolute atomic E-state index is 5.93. The van der Waals surface area contributed by atoms with Crippen LogP contribution in [0.4, 0.5) is 0 Å². The van der Waals surface area contributed by atoms with Crippen LogP contribution in [-0.4, -0.2) is 0 Å². The molecule has 0 bridgehead atoms. The van der Waals surface area contributed by atoms with Crippen molar-refractivity contribution in [2.75, 3.05) is 0 Å². The highest BCUT2D eigenvalue weighted by atomic mass is 79.9. The standard InChI is InChI=1S/C16H18BrNO/c1-10-5-4-6-16(11(10)2)19-13-7-8-14(12(3)18)15(17)9-13/h4-9,12H,18H2,1-3H3/t12-/m1/s1. The molecule has 0 fully saturated rings. The maximum Gasteiger partial charge on any atom is 0.130 e. The summed E-state index contributed by atoms with van der Waals surface area (Å²) in [6, 6.07) is 12.0. The van der Waals surface area contributed by atoms with Crippen LogP contribution >= 0.6 is 15.9 Å². The zero-order valence-corrected chi connectivity index (χ0v) is 13.0. The number of nitrogens with two attached hydrogens (primary N) is 1. The van der Waals surface area contributed by atoms with Crippen molar-refractivity contribution in [1.82, 2.24) is 0 Å². The largest absolute Gasteiger partial charge is 0.457 e. The number of halogens is 1. The number of rotatable bonds is 3. The van der Waals surface area contributed by atoms with E-state index in [4.69, 9.17) is 10.5 Å². The molecule has 2 aromatic rings. The highest BCUT2D eigenvalue weighted by molar-refractivity contribution is 9.10. The summed E-state index contributed by atoms with van der Waals surface area (Å²) in [6.07, 6.45) is 0. The van der Waals surface area contributed by atoms with E-state index in [2.05, 4.69) is 35.8 Å². The average molecular weight is 320 g/mol. The van der Waals surface area contributed by atoms with Gasteiger partial charge in [-0.15, -0.1) is 0 Å². The van der Waals surface area contributed by atoms with E-state index < -0.39 is 0 Å². The Hall–Kier alpha value is -1.32. The summed E-state index contributed by atoms with van der Waals surface area (Å²) in [5.41, 5.74) is 9.36. The van der Waals surface area contributed by atoms with Crippen LogP contribution in [0.2, 0.25) is 0 Å². The van der Waals surface area contributed by atoms with Crippen molar-refractivity contribution < 1.29 is 4.74 Å². The van der Waals surface area contributed by atoms with Gasteiger partial charge in [-0.05, 0) is 55.7 Å². The molecule has 0 saturated heterocycles. The van der Waals surface area contributed by atoms with Crippen LogP contribution in [-0.2, 0) is 0 Å². The molecule has 19 heavy (non-hydrogen) atoms. The van der Waals surface area contributed by atoms with Crippen LogP contribution in [0.15, 0.2) is 40.9 Å². The van der Waals surface area contributed by atoms with Crippen molar-refractivity contribution in [3.8, 4) is 11.5 Å². The summed E-state index contributed by atoms with van der Waals surface area (Å²) in [7, 11) is 0. The summed E-state index contributed by atoms with van der Waals surface area (Å²) >= 11 is 3.53. The Balaban J connectivity index is 2.29. The predicted molar refractivity (Wildman–Crippen MR) is 82.7 cm³/mol. The van der Waals surface area contributed by atoms with Gasteiger partial charge in [-0.1, -0.05) is 34.1 Å². The van der Waals surface area contributed by atoms with Crippen molar-refractivity contribution in [1.29, 1.82) is 0 Å². The molecule has 0 aromatic heterocycles. The van der Waals surface area contributed by atoms with Gasteiger partial charge in [0.2, 0.25) is 0 Å². The monoisotopic (exact) mass is 319 g/mol. The molecule has 0 aliphatic rings. The Morgan fingerprint density at radius 1 is 1.16 bits per heavy atom. The van der Waals surface area contributed by atoms with E-state index in [0.29, 0.717) is 0 Å². The van der Waals surface area contributed by atoms with Crippen molar-refractivity contribution >= 4 is 15.9 Å². The Morgan fingerprint density at radius 3 is 2.53 bits per heavy atom. The number of hydrogen-bond acceptors (Lipinski definition) is 2. The van der Waals surface area contributed by atoms with E-state index in [0.717, 1.165) is 27.1 Å². The maximum atomic E-state index is 5.93. The first-order chi connectivity index (χ1) is 8.99. The van der Waals surface area contributed by atoms with E-state index in [-0.39, 0.29) is 6.04 Å². The fraction of sp³-hybridized carbons (Fsp3) is 0.250. The molecule has 0 spiro atoms. The van der Waals surface area contributed by atoms with Gasteiger partial charge in [-0.25, -0.2) is 0 Å². The number of hydrogen-bond donors (Lipinski definition) is 1. The van der Waals surface area contributed by atoms with Crippen LogP contribution in [0.3, 0.4) is 0 Å². The van der Waals surface area contributed by atoms with Crippen LogP contribution in [0.25, 0.3) is 0 Å². The number of aryl methyl sites for hydroxylation is 1. The molecular weight excluding hydrogens is 302 g/mol. The molecule has 0 saturated carbocycles. The predicted octanol–water partition coefficient (Wildman–Crippen LogP) is 4.88. The molecule has 0 aliphatic heterocycles. The fourth-order valence-electron chi connectivity index (χ4n) is 1.90. The first-order valence-corrected chi connectivity index (χ1v) is 7.07. The second-order valence-electron chi connectivity index (χ2n) is 4.77. The molecule has 0 heterocycles. The summed E-state index contributed by atoms with van der Waals surface area (Å²) in [4.78, 5) is 0. The quantitative estimate of drug-likeness (QED) is 0.875. The van der Waals surface area contributed by atoms with Gasteiger partial charge < -0.3 is 10.5 Å². The van der Waals surface area contributed by atoms with Crippen molar-refractivity contribution in [2.24, 2.45) is 5.73 Å². The molecule has 2 N–H and O–H groups in total. The van der Waals surface area contributed by atoms with E-state index in [1.165, 1.54) is 5.56 Å². The van der Waals surface area contributed by atoms with E-state index in [1.54, 1.807) is 0 Å². The lowest BCUT2D eigenvalue weighted by Gasteiger charge is -2.13. The molecule has 0 unspecified atom stereocenters. The second-order valence-corrected chi connectivity index (χ2v) is 5.63. The number of benzene rings is 2. The zero-order valence-electron chi connectivity index (χ0n) is 11.4. The van der Waals surface area contributed by atoms with Crippen LogP contribution in [0.5, 0.6) is 11.5 Å². The van der Waals surface area contributed by atoms with Crippen molar-refractivity contribution in [2.45, 2.75) is 26.8 Å². The molecule has 2 nitrogen and oxygen atoms in total. The summed E-state index contributed by atoms with van der Waals surface area (Å²) in [5, 5.41) is 0. The van der Waals surface area contributed by atoms with Crippen molar-refractivity contribution in [3.63, 3.8) is 0 Å². The van der Waals surface area contributed by atoms with Crippen LogP contribution in [0, 0.1) is 13.8 Å². The Kier molecular flexibility index (Phi) is 4.27. The molecular formula is C16H18BrNO. The van der Waals surface area contributed by atoms with E-state index in [9.17, 15) is 0 Å². The highest BCUT2D eigenvalue weighted by Crippen LogP contribution is 2.31. The Bertz CT molecular complexity index is 593. The summed E-state index contributed by atoms with van der Waals surface area (Å²) in [5.74, 6) is 1.70. The van der Waals surface area contributed by atoms with Gasteiger partial charge >= 0.3 is 0 Å². The van der Waals surface area contributed by atoms with E-state index >= 15 is 0 Å². The highest BCUT2D eigenvalue weighted by Gasteiger charge is 2.08. The first kappa shape index (κ1) is 14.1.